The van der Waals surface area contributed by atoms with Gasteiger partial charge in [0.1, 0.15) is 4.75 Å². The Morgan fingerprint density at radius 3 is 3.04 bits per heavy atom. The fourth-order valence-electron chi connectivity index (χ4n) is 3.61. The summed E-state index contributed by atoms with van der Waals surface area (Å²) in [4.78, 5) is 17.2. The van der Waals surface area contributed by atoms with Gasteiger partial charge in [0.25, 0.3) is 0 Å². The highest BCUT2D eigenvalue weighted by Crippen LogP contribution is 2.74. The Morgan fingerprint density at radius 2 is 2.28 bits per heavy atom. The van der Waals surface area contributed by atoms with Crippen molar-refractivity contribution >= 4 is 35.1 Å². The quantitative estimate of drug-likeness (QED) is 0.860. The van der Waals surface area contributed by atoms with Crippen LogP contribution in [0.2, 0.25) is 0 Å². The highest BCUT2D eigenvalue weighted by atomic mass is 32.2. The lowest BCUT2D eigenvalue weighted by molar-refractivity contribution is -0.136. The third-order valence-electron chi connectivity index (χ3n) is 4.84. The number of carbonyl (C=O) groups is 1. The van der Waals surface area contributed by atoms with Crippen molar-refractivity contribution in [3.05, 3.63) is 64.7 Å². The Morgan fingerprint density at radius 1 is 1.40 bits per heavy atom. The molecule has 0 bridgehead atoms. The molecule has 1 N–H and O–H groups in total. The minimum atomic E-state index is -0.888. The van der Waals surface area contributed by atoms with Crippen LogP contribution in [0.4, 0.5) is 0 Å². The number of fused-ring (bicyclic) bond motifs is 3. The number of hydrogen-bond donors (Lipinski definition) is 1. The second kappa shape index (κ2) is 5.54. The summed E-state index contributed by atoms with van der Waals surface area (Å²) in [7, 11) is 0. The first-order valence-corrected chi connectivity index (χ1v) is 10.0. The van der Waals surface area contributed by atoms with E-state index in [1.54, 1.807) is 23.5 Å². The number of aromatic nitrogens is 1. The zero-order chi connectivity index (χ0) is 17.0. The maximum absolute atomic E-state index is 11.3. The van der Waals surface area contributed by atoms with Gasteiger partial charge < -0.3 is 9.52 Å². The van der Waals surface area contributed by atoms with E-state index >= 15 is 0 Å². The Kier molecular flexibility index (Phi) is 3.40. The van der Waals surface area contributed by atoms with E-state index in [-0.39, 0.29) is 11.2 Å². The molecule has 2 atom stereocenters. The number of carboxylic acids is 1. The lowest BCUT2D eigenvalue weighted by Crippen LogP contribution is -2.04. The Balaban J connectivity index is 1.56. The molecular formula is C19H15NO3S2. The summed E-state index contributed by atoms with van der Waals surface area (Å²) >= 11 is 3.48. The molecule has 2 aromatic rings. The molecule has 25 heavy (non-hydrogen) atoms. The molecule has 3 heterocycles. The molecule has 126 valence electrons. The number of allylic oxidation sites excluding steroid dienone is 2. The molecule has 4 nitrogen and oxygen atoms in total. The average molecular weight is 369 g/mol. The van der Waals surface area contributed by atoms with Crippen LogP contribution in [0.3, 0.4) is 0 Å². The van der Waals surface area contributed by atoms with Crippen LogP contribution in [-0.2, 0) is 16.0 Å². The van der Waals surface area contributed by atoms with E-state index in [0.29, 0.717) is 23.3 Å². The standard InChI is InChI=1S/C19H15NO3S2/c21-16(22)8-14-17(11-4-3-7-24-10-11)23-18(20-14)19-9-13(19)12-5-1-2-6-15(12)25-19/h1-6,10,13H,7-9H2,(H,21,22). The summed E-state index contributed by atoms with van der Waals surface area (Å²) in [6, 6.07) is 8.43. The van der Waals surface area contributed by atoms with Crippen LogP contribution in [0, 0.1) is 0 Å². The predicted octanol–water partition coefficient (Wildman–Crippen LogP) is 4.43. The van der Waals surface area contributed by atoms with E-state index < -0.39 is 5.97 Å². The van der Waals surface area contributed by atoms with E-state index in [0.717, 1.165) is 17.7 Å². The number of benzene rings is 1. The van der Waals surface area contributed by atoms with Gasteiger partial charge in [0.2, 0.25) is 5.89 Å². The van der Waals surface area contributed by atoms with Gasteiger partial charge in [-0.1, -0.05) is 30.4 Å². The minimum absolute atomic E-state index is 0.118. The molecule has 0 radical (unpaired) electrons. The van der Waals surface area contributed by atoms with Crippen LogP contribution in [0.15, 0.2) is 51.1 Å². The average Bonchev–Trinajstić information content (AvgIpc) is 3.04. The van der Waals surface area contributed by atoms with Crippen molar-refractivity contribution in [2.24, 2.45) is 0 Å². The van der Waals surface area contributed by atoms with Crippen molar-refractivity contribution in [2.75, 3.05) is 5.75 Å². The smallest absolute Gasteiger partial charge is 0.309 e. The Hall–Kier alpha value is -1.92. The van der Waals surface area contributed by atoms with Gasteiger partial charge in [-0.3, -0.25) is 4.79 Å². The van der Waals surface area contributed by atoms with Crippen molar-refractivity contribution in [3.8, 4) is 0 Å². The normalized spacial score (nSPS) is 26.1. The number of nitrogens with zero attached hydrogens (tertiary/aromatic N) is 1. The highest BCUT2D eigenvalue weighted by molar-refractivity contribution is 8.02. The summed E-state index contributed by atoms with van der Waals surface area (Å²) in [5.74, 6) is 1.74. The summed E-state index contributed by atoms with van der Waals surface area (Å²) < 4.78 is 6.04. The maximum Gasteiger partial charge on any atom is 0.309 e. The Bertz CT molecular complexity index is 946. The molecule has 0 amide bonds. The van der Waals surface area contributed by atoms with Gasteiger partial charge >= 0.3 is 5.97 Å². The van der Waals surface area contributed by atoms with Gasteiger partial charge in [0.15, 0.2) is 5.76 Å². The molecule has 5 rings (SSSR count). The van der Waals surface area contributed by atoms with E-state index in [2.05, 4.69) is 35.3 Å². The molecular weight excluding hydrogens is 354 g/mol. The molecule has 0 spiro atoms. The third kappa shape index (κ3) is 2.39. The van der Waals surface area contributed by atoms with Crippen molar-refractivity contribution in [1.29, 1.82) is 0 Å². The molecule has 1 fully saturated rings. The van der Waals surface area contributed by atoms with Crippen LogP contribution in [0.5, 0.6) is 0 Å². The first kappa shape index (κ1) is 15.3. The molecule has 6 heteroatoms. The molecule has 0 saturated heterocycles. The second-order valence-corrected chi connectivity index (χ2v) is 8.74. The molecule has 1 aromatic heterocycles. The first-order chi connectivity index (χ1) is 12.2. The Labute approximate surface area is 153 Å². The van der Waals surface area contributed by atoms with Crippen molar-refractivity contribution in [1.82, 2.24) is 4.98 Å². The van der Waals surface area contributed by atoms with Crippen LogP contribution < -0.4 is 0 Å². The minimum Gasteiger partial charge on any atom is -0.481 e. The van der Waals surface area contributed by atoms with Gasteiger partial charge in [0.05, 0.1) is 12.1 Å². The summed E-state index contributed by atoms with van der Waals surface area (Å²) in [6.45, 7) is 0. The number of rotatable bonds is 4. The fraction of sp³-hybridized carbons (Fsp3) is 0.263. The SMILES string of the molecule is O=C(O)Cc1nc(C23CC2c2ccccc2S3)oc1C1=CSCC=C1. The van der Waals surface area contributed by atoms with Crippen LogP contribution in [0.25, 0.3) is 5.57 Å². The lowest BCUT2D eigenvalue weighted by Gasteiger charge is -2.07. The zero-order valence-corrected chi connectivity index (χ0v) is 14.9. The number of oxazole rings is 1. The van der Waals surface area contributed by atoms with E-state index in [4.69, 9.17) is 4.42 Å². The monoisotopic (exact) mass is 369 g/mol. The molecule has 1 saturated carbocycles. The van der Waals surface area contributed by atoms with Gasteiger partial charge in [-0.25, -0.2) is 4.98 Å². The predicted molar refractivity (Wildman–Crippen MR) is 98.8 cm³/mol. The molecule has 2 aliphatic heterocycles. The number of thioether (sulfide) groups is 2. The van der Waals surface area contributed by atoms with Gasteiger partial charge in [0, 0.05) is 22.1 Å². The summed E-state index contributed by atoms with van der Waals surface area (Å²) in [6.07, 6.45) is 4.94. The molecule has 2 unspecified atom stereocenters. The van der Waals surface area contributed by atoms with E-state index in [1.807, 2.05) is 11.5 Å². The van der Waals surface area contributed by atoms with Crippen molar-refractivity contribution in [3.63, 3.8) is 0 Å². The summed E-state index contributed by atoms with van der Waals surface area (Å²) in [5, 5.41) is 11.3. The first-order valence-electron chi connectivity index (χ1n) is 8.16. The van der Waals surface area contributed by atoms with Crippen LogP contribution in [-0.4, -0.2) is 21.8 Å². The number of hydrogen-bond acceptors (Lipinski definition) is 5. The second-order valence-electron chi connectivity index (χ2n) is 6.46. The fourth-order valence-corrected chi connectivity index (χ4v) is 5.84. The maximum atomic E-state index is 11.3. The number of carboxylic acid groups (broad SMARTS) is 1. The highest BCUT2D eigenvalue weighted by Gasteiger charge is 2.65. The topological polar surface area (TPSA) is 63.3 Å². The summed E-state index contributed by atoms with van der Waals surface area (Å²) in [5.41, 5.74) is 2.80. The zero-order valence-electron chi connectivity index (χ0n) is 13.3. The van der Waals surface area contributed by atoms with Crippen LogP contribution in [0.1, 0.15) is 35.2 Å². The van der Waals surface area contributed by atoms with Crippen molar-refractivity contribution in [2.45, 2.75) is 28.4 Å². The number of aliphatic carboxylic acids is 1. The van der Waals surface area contributed by atoms with E-state index in [9.17, 15) is 9.90 Å². The largest absolute Gasteiger partial charge is 0.481 e. The molecule has 1 aliphatic carbocycles. The lowest BCUT2D eigenvalue weighted by atomic mass is 10.1. The van der Waals surface area contributed by atoms with Gasteiger partial charge in [-0.2, -0.15) is 0 Å². The van der Waals surface area contributed by atoms with Gasteiger partial charge in [-0.15, -0.1) is 23.5 Å². The third-order valence-corrected chi connectivity index (χ3v) is 7.22. The van der Waals surface area contributed by atoms with Gasteiger partial charge in [-0.05, 0) is 23.5 Å². The van der Waals surface area contributed by atoms with Crippen LogP contribution >= 0.6 is 23.5 Å². The van der Waals surface area contributed by atoms with E-state index in [1.165, 1.54) is 10.5 Å². The van der Waals surface area contributed by atoms with Crippen molar-refractivity contribution < 1.29 is 14.3 Å². The molecule has 1 aromatic carbocycles. The molecule has 3 aliphatic rings.